The van der Waals surface area contributed by atoms with Crippen LogP contribution < -0.4 is 10.6 Å². The molecular formula is C29H31BrN2O6. The van der Waals surface area contributed by atoms with E-state index in [0.29, 0.717) is 17.7 Å². The van der Waals surface area contributed by atoms with Gasteiger partial charge in [0.1, 0.15) is 6.61 Å². The van der Waals surface area contributed by atoms with E-state index < -0.39 is 24.2 Å². The highest BCUT2D eigenvalue weighted by Gasteiger charge is 2.21. The summed E-state index contributed by atoms with van der Waals surface area (Å²) in [6.45, 7) is 4.24. The van der Waals surface area contributed by atoms with Crippen molar-refractivity contribution in [3.05, 3.63) is 99.5 Å². The molecule has 0 spiro atoms. The number of amides is 2. The molecule has 0 aliphatic carbocycles. The van der Waals surface area contributed by atoms with Crippen LogP contribution in [0.4, 0.5) is 15.3 Å². The number of anilines is 1. The number of hydrogen-bond acceptors (Lipinski definition) is 6. The third kappa shape index (κ3) is 9.55. The van der Waals surface area contributed by atoms with Crippen LogP contribution >= 0.6 is 15.9 Å². The van der Waals surface area contributed by atoms with E-state index in [-0.39, 0.29) is 26.2 Å². The number of carbonyl (C=O) groups excluding carboxylic acids is 3. The van der Waals surface area contributed by atoms with Gasteiger partial charge in [0.05, 0.1) is 25.7 Å². The van der Waals surface area contributed by atoms with E-state index in [1.54, 1.807) is 31.2 Å². The van der Waals surface area contributed by atoms with Crippen molar-refractivity contribution >= 4 is 39.8 Å². The molecule has 1 atom stereocenters. The van der Waals surface area contributed by atoms with Gasteiger partial charge in [-0.3, -0.25) is 10.1 Å². The standard InChI is InChI=1S/C29H31BrN2O6/c1-3-36-27(33)18-26(32-29(35)38-19-21-8-5-4-6-9-21)23-10-7-11-25(17-23)31-28(34)37-15-14-22-12-13-24(30)16-20(22)2/h4-13,16-17,26H,3,14-15,18-19H2,1-2H3,(H,31,34)(H,32,35)/t26-/m0/s1. The summed E-state index contributed by atoms with van der Waals surface area (Å²) in [4.78, 5) is 37.1. The molecule has 0 radical (unpaired) electrons. The van der Waals surface area contributed by atoms with Gasteiger partial charge in [0, 0.05) is 16.6 Å². The number of alkyl carbamates (subject to hydrolysis) is 1. The van der Waals surface area contributed by atoms with Crippen LogP contribution in [-0.2, 0) is 32.0 Å². The fourth-order valence-electron chi connectivity index (χ4n) is 3.73. The van der Waals surface area contributed by atoms with Crippen LogP contribution in [-0.4, -0.2) is 31.4 Å². The highest BCUT2D eigenvalue weighted by Crippen LogP contribution is 2.22. The summed E-state index contributed by atoms with van der Waals surface area (Å²) in [6, 6.07) is 21.3. The quantitative estimate of drug-likeness (QED) is 0.198. The molecule has 2 amide bonds. The van der Waals surface area contributed by atoms with E-state index in [4.69, 9.17) is 14.2 Å². The first-order valence-corrected chi connectivity index (χ1v) is 13.0. The average molecular weight is 583 g/mol. The molecule has 3 aromatic rings. The lowest BCUT2D eigenvalue weighted by atomic mass is 10.0. The zero-order chi connectivity index (χ0) is 27.3. The molecule has 0 heterocycles. The summed E-state index contributed by atoms with van der Waals surface area (Å²) in [6.07, 6.45) is -0.795. The third-order valence-corrected chi connectivity index (χ3v) is 6.12. The van der Waals surface area contributed by atoms with Crippen LogP contribution in [0.3, 0.4) is 0 Å². The number of carbonyl (C=O) groups is 3. The van der Waals surface area contributed by atoms with Gasteiger partial charge in [0.25, 0.3) is 0 Å². The SMILES string of the molecule is CCOC(=O)C[C@H](NC(=O)OCc1ccccc1)c1cccc(NC(=O)OCCc2ccc(Br)cc2C)c1. The number of benzene rings is 3. The van der Waals surface area contributed by atoms with Gasteiger partial charge >= 0.3 is 18.2 Å². The van der Waals surface area contributed by atoms with Gasteiger partial charge in [-0.25, -0.2) is 9.59 Å². The maximum atomic E-state index is 12.5. The highest BCUT2D eigenvalue weighted by molar-refractivity contribution is 9.10. The predicted octanol–water partition coefficient (Wildman–Crippen LogP) is 6.47. The minimum absolute atomic E-state index is 0.0893. The molecule has 2 N–H and O–H groups in total. The number of nitrogens with one attached hydrogen (secondary N) is 2. The van der Waals surface area contributed by atoms with Gasteiger partial charge in [-0.1, -0.05) is 64.5 Å². The molecule has 0 bridgehead atoms. The smallest absolute Gasteiger partial charge is 0.411 e. The fraction of sp³-hybridized carbons (Fsp3) is 0.276. The maximum Gasteiger partial charge on any atom is 0.411 e. The summed E-state index contributed by atoms with van der Waals surface area (Å²) in [5.41, 5.74) is 4.09. The van der Waals surface area contributed by atoms with Crippen molar-refractivity contribution in [1.82, 2.24) is 5.32 Å². The molecule has 0 saturated heterocycles. The number of ether oxygens (including phenoxy) is 3. The molecule has 38 heavy (non-hydrogen) atoms. The summed E-state index contributed by atoms with van der Waals surface area (Å²) < 4.78 is 16.7. The zero-order valence-electron chi connectivity index (χ0n) is 21.4. The molecule has 0 aliphatic rings. The molecule has 200 valence electrons. The largest absolute Gasteiger partial charge is 0.466 e. The van der Waals surface area contributed by atoms with Crippen LogP contribution in [0.2, 0.25) is 0 Å². The van der Waals surface area contributed by atoms with Crippen LogP contribution in [0.5, 0.6) is 0 Å². The minimum atomic E-state index is -0.726. The fourth-order valence-corrected chi connectivity index (χ4v) is 4.20. The lowest BCUT2D eigenvalue weighted by molar-refractivity contribution is -0.143. The van der Waals surface area contributed by atoms with Crippen LogP contribution in [0.1, 0.15) is 41.6 Å². The predicted molar refractivity (Wildman–Crippen MR) is 148 cm³/mol. The van der Waals surface area contributed by atoms with Crippen molar-refractivity contribution in [1.29, 1.82) is 0 Å². The van der Waals surface area contributed by atoms with E-state index in [1.807, 2.05) is 55.5 Å². The molecule has 3 aromatic carbocycles. The lowest BCUT2D eigenvalue weighted by Crippen LogP contribution is -2.31. The Bertz CT molecular complexity index is 1230. The van der Waals surface area contributed by atoms with E-state index in [9.17, 15) is 14.4 Å². The molecule has 0 fully saturated rings. The van der Waals surface area contributed by atoms with Gasteiger partial charge in [-0.15, -0.1) is 0 Å². The molecule has 8 nitrogen and oxygen atoms in total. The Hall–Kier alpha value is -3.85. The number of rotatable bonds is 11. The van der Waals surface area contributed by atoms with Crippen molar-refractivity contribution in [3.63, 3.8) is 0 Å². The maximum absolute atomic E-state index is 12.5. The normalized spacial score (nSPS) is 11.2. The first-order valence-electron chi connectivity index (χ1n) is 12.3. The van der Waals surface area contributed by atoms with Crippen LogP contribution in [0, 0.1) is 6.92 Å². The third-order valence-electron chi connectivity index (χ3n) is 5.63. The molecule has 9 heteroatoms. The average Bonchev–Trinajstić information content (AvgIpc) is 2.89. The van der Waals surface area contributed by atoms with Gasteiger partial charge in [0.15, 0.2) is 0 Å². The second-order valence-corrected chi connectivity index (χ2v) is 9.39. The Morgan fingerprint density at radius 3 is 2.42 bits per heavy atom. The first-order chi connectivity index (χ1) is 18.3. The number of aryl methyl sites for hydroxylation is 1. The van der Waals surface area contributed by atoms with E-state index in [2.05, 4.69) is 26.6 Å². The van der Waals surface area contributed by atoms with Gasteiger partial charge in [-0.2, -0.15) is 0 Å². The highest BCUT2D eigenvalue weighted by atomic mass is 79.9. The molecule has 0 aromatic heterocycles. The first kappa shape index (κ1) is 28.7. The van der Waals surface area contributed by atoms with E-state index >= 15 is 0 Å². The molecule has 0 aliphatic heterocycles. The Morgan fingerprint density at radius 2 is 1.68 bits per heavy atom. The summed E-state index contributed by atoms with van der Waals surface area (Å²) in [5, 5.41) is 5.42. The number of hydrogen-bond donors (Lipinski definition) is 2. The number of halogens is 1. The summed E-state index contributed by atoms with van der Waals surface area (Å²) in [7, 11) is 0. The van der Waals surface area contributed by atoms with Gasteiger partial charge in [0.2, 0.25) is 0 Å². The van der Waals surface area contributed by atoms with Crippen molar-refractivity contribution in [2.75, 3.05) is 18.5 Å². The van der Waals surface area contributed by atoms with Gasteiger partial charge < -0.3 is 19.5 Å². The summed E-state index contributed by atoms with van der Waals surface area (Å²) >= 11 is 3.44. The minimum Gasteiger partial charge on any atom is -0.466 e. The molecular weight excluding hydrogens is 552 g/mol. The molecule has 3 rings (SSSR count). The topological polar surface area (TPSA) is 103 Å². The van der Waals surface area contributed by atoms with Crippen molar-refractivity contribution in [3.8, 4) is 0 Å². The Morgan fingerprint density at radius 1 is 0.895 bits per heavy atom. The van der Waals surface area contributed by atoms with E-state index in [1.165, 1.54) is 0 Å². The lowest BCUT2D eigenvalue weighted by Gasteiger charge is -2.19. The monoisotopic (exact) mass is 582 g/mol. The van der Waals surface area contributed by atoms with Gasteiger partial charge in [-0.05, 0) is 60.4 Å². The second kappa shape index (κ2) is 14.8. The molecule has 0 unspecified atom stereocenters. The Labute approximate surface area is 230 Å². The van der Waals surface area contributed by atoms with Crippen LogP contribution in [0.25, 0.3) is 0 Å². The summed E-state index contributed by atoms with van der Waals surface area (Å²) in [5.74, 6) is -0.470. The van der Waals surface area contributed by atoms with Crippen molar-refractivity contribution in [2.45, 2.75) is 39.3 Å². The zero-order valence-corrected chi connectivity index (χ0v) is 23.0. The van der Waals surface area contributed by atoms with Crippen LogP contribution in [0.15, 0.2) is 77.3 Å². The van der Waals surface area contributed by atoms with Crippen molar-refractivity contribution < 1.29 is 28.6 Å². The molecule has 0 saturated carbocycles. The Balaban J connectivity index is 1.60. The van der Waals surface area contributed by atoms with E-state index in [0.717, 1.165) is 21.2 Å². The second-order valence-electron chi connectivity index (χ2n) is 8.47. The van der Waals surface area contributed by atoms with Crippen molar-refractivity contribution in [2.24, 2.45) is 0 Å². The number of esters is 1. The Kier molecular flexibility index (Phi) is 11.2.